The van der Waals surface area contributed by atoms with E-state index in [0.29, 0.717) is 12.0 Å². The van der Waals surface area contributed by atoms with E-state index < -0.39 is 58.7 Å². The van der Waals surface area contributed by atoms with Gasteiger partial charge in [0.15, 0.2) is 0 Å². The minimum Gasteiger partial charge on any atom is -0.458 e. The van der Waals surface area contributed by atoms with Gasteiger partial charge in [-0.2, -0.15) is 0 Å². The molecule has 9 heteroatoms. The number of nitrogens with zero attached hydrogens (tertiary/aromatic N) is 1. The molecule has 2 rings (SSSR count). The number of carbonyl (C=O) groups excluding carboxylic acids is 4. The first-order valence-corrected chi connectivity index (χ1v) is 16.6. The van der Waals surface area contributed by atoms with Crippen molar-refractivity contribution in [3.05, 3.63) is 71.3 Å². The Hall–Kier alpha value is -3.88. The highest BCUT2D eigenvalue weighted by Gasteiger charge is 2.43. The zero-order valence-corrected chi connectivity index (χ0v) is 30.5. The topological polar surface area (TPSA) is 114 Å². The van der Waals surface area contributed by atoms with Crippen LogP contribution >= 0.6 is 0 Å². The second-order valence-electron chi connectivity index (χ2n) is 15.5. The average Bonchev–Trinajstić information content (AvgIpc) is 2.92. The molecule has 0 bridgehead atoms. The van der Waals surface area contributed by atoms with E-state index in [4.69, 9.17) is 9.47 Å². The number of hydrogen-bond donors (Lipinski definition) is 2. The molecule has 0 heterocycles. The van der Waals surface area contributed by atoms with Crippen LogP contribution in [0.5, 0.6) is 0 Å². The van der Waals surface area contributed by atoms with Gasteiger partial charge in [0.25, 0.3) is 0 Å². The molecular formula is C38H57N3O6. The molecule has 0 radical (unpaired) electrons. The van der Waals surface area contributed by atoms with E-state index in [2.05, 4.69) is 10.6 Å². The number of aryl methyl sites for hydroxylation is 1. The van der Waals surface area contributed by atoms with Crippen molar-refractivity contribution in [3.8, 4) is 0 Å². The first-order valence-electron chi connectivity index (χ1n) is 16.6. The fraction of sp³-hybridized carbons (Fsp3) is 0.579. The Morgan fingerprint density at radius 3 is 1.74 bits per heavy atom. The molecule has 2 aromatic rings. The number of alkyl carbamates (subject to hydrolysis) is 1. The van der Waals surface area contributed by atoms with Crippen molar-refractivity contribution in [2.75, 3.05) is 0 Å². The SMILES string of the molecule is CCc1ccc(C(C(=O)NC(Cc2ccccc2)C(=O)OC(C)(C)C)N(C(=O)C(CC(C)C)NC(=O)OC(C)(C)C)C(C)(C)C)cc1. The normalized spacial score (nSPS) is 14.1. The number of ether oxygens (including phenoxy) is 2. The second kappa shape index (κ2) is 16.3. The van der Waals surface area contributed by atoms with Crippen LogP contribution in [0, 0.1) is 5.92 Å². The molecule has 9 nitrogen and oxygen atoms in total. The van der Waals surface area contributed by atoms with E-state index in [1.54, 1.807) is 41.5 Å². The number of esters is 1. The molecule has 0 saturated carbocycles. The molecule has 0 spiro atoms. The molecule has 260 valence electrons. The summed E-state index contributed by atoms with van der Waals surface area (Å²) in [6.07, 6.45) is 0.601. The molecular weight excluding hydrogens is 594 g/mol. The van der Waals surface area contributed by atoms with Crippen molar-refractivity contribution >= 4 is 23.9 Å². The van der Waals surface area contributed by atoms with E-state index in [9.17, 15) is 19.2 Å². The van der Waals surface area contributed by atoms with Crippen molar-refractivity contribution in [1.82, 2.24) is 15.5 Å². The molecule has 3 atom stereocenters. The summed E-state index contributed by atoms with van der Waals surface area (Å²) in [7, 11) is 0. The second-order valence-corrected chi connectivity index (χ2v) is 15.5. The summed E-state index contributed by atoms with van der Waals surface area (Å²) < 4.78 is 11.2. The van der Waals surface area contributed by atoms with Gasteiger partial charge < -0.3 is 25.0 Å². The van der Waals surface area contributed by atoms with Crippen molar-refractivity contribution in [3.63, 3.8) is 0 Å². The number of nitrogens with one attached hydrogen (secondary N) is 2. The highest BCUT2D eigenvalue weighted by molar-refractivity contribution is 5.94. The summed E-state index contributed by atoms with van der Waals surface area (Å²) in [6, 6.07) is 13.8. The van der Waals surface area contributed by atoms with Gasteiger partial charge in [-0.05, 0) is 97.8 Å². The minimum atomic E-state index is -1.13. The smallest absolute Gasteiger partial charge is 0.408 e. The minimum absolute atomic E-state index is 0.0410. The monoisotopic (exact) mass is 651 g/mol. The van der Waals surface area contributed by atoms with Gasteiger partial charge in [-0.15, -0.1) is 0 Å². The number of hydrogen-bond acceptors (Lipinski definition) is 6. The molecule has 0 aliphatic carbocycles. The summed E-state index contributed by atoms with van der Waals surface area (Å²) in [4.78, 5) is 57.2. The van der Waals surface area contributed by atoms with Gasteiger partial charge in [-0.1, -0.05) is 75.4 Å². The maximum Gasteiger partial charge on any atom is 0.408 e. The molecule has 3 amide bonds. The fourth-order valence-electron chi connectivity index (χ4n) is 5.18. The molecule has 47 heavy (non-hydrogen) atoms. The third-order valence-corrected chi connectivity index (χ3v) is 7.16. The zero-order valence-electron chi connectivity index (χ0n) is 30.5. The number of amides is 3. The van der Waals surface area contributed by atoms with Gasteiger partial charge in [-0.25, -0.2) is 9.59 Å². The Morgan fingerprint density at radius 1 is 0.723 bits per heavy atom. The predicted molar refractivity (Wildman–Crippen MR) is 186 cm³/mol. The van der Waals surface area contributed by atoms with Crippen molar-refractivity contribution < 1.29 is 28.7 Å². The third kappa shape index (κ3) is 13.0. The summed E-state index contributed by atoms with van der Waals surface area (Å²) in [5, 5.41) is 5.73. The number of rotatable bonds is 12. The highest BCUT2D eigenvalue weighted by Crippen LogP contribution is 2.31. The van der Waals surface area contributed by atoms with E-state index >= 15 is 0 Å². The van der Waals surface area contributed by atoms with Crippen LogP contribution in [0.1, 0.15) is 112 Å². The third-order valence-electron chi connectivity index (χ3n) is 7.16. The van der Waals surface area contributed by atoms with Crippen LogP contribution in [0.2, 0.25) is 0 Å². The molecule has 2 aromatic carbocycles. The largest absolute Gasteiger partial charge is 0.458 e. The maximum absolute atomic E-state index is 14.7. The van der Waals surface area contributed by atoms with Crippen molar-refractivity contribution in [1.29, 1.82) is 0 Å². The Kier molecular flexibility index (Phi) is 13.6. The quantitative estimate of drug-likeness (QED) is 0.241. The number of carbonyl (C=O) groups is 4. The van der Waals surface area contributed by atoms with Crippen LogP contribution in [0.3, 0.4) is 0 Å². The van der Waals surface area contributed by atoms with Gasteiger partial charge in [-0.3, -0.25) is 9.59 Å². The fourth-order valence-corrected chi connectivity index (χ4v) is 5.18. The lowest BCUT2D eigenvalue weighted by atomic mass is 9.92. The Morgan fingerprint density at radius 2 is 1.28 bits per heavy atom. The van der Waals surface area contributed by atoms with Crippen LogP contribution in [0.4, 0.5) is 4.79 Å². The van der Waals surface area contributed by atoms with Crippen LogP contribution in [-0.4, -0.2) is 57.6 Å². The van der Waals surface area contributed by atoms with E-state index in [0.717, 1.165) is 17.5 Å². The Bertz CT molecular complexity index is 1330. The van der Waals surface area contributed by atoms with Crippen LogP contribution in [0.15, 0.2) is 54.6 Å². The average molecular weight is 652 g/mol. The summed E-state index contributed by atoms with van der Waals surface area (Å²) in [5.74, 6) is -1.51. The molecule has 0 aliphatic heterocycles. The van der Waals surface area contributed by atoms with Gasteiger partial charge in [0.05, 0.1) is 0 Å². The van der Waals surface area contributed by atoms with Crippen molar-refractivity contribution in [2.24, 2.45) is 5.92 Å². The predicted octanol–water partition coefficient (Wildman–Crippen LogP) is 6.93. The molecule has 2 N–H and O–H groups in total. The lowest BCUT2D eigenvalue weighted by molar-refractivity contribution is -0.159. The van der Waals surface area contributed by atoms with Gasteiger partial charge in [0, 0.05) is 12.0 Å². The molecule has 0 aliphatic rings. The summed E-state index contributed by atoms with van der Waals surface area (Å²) >= 11 is 0. The van der Waals surface area contributed by atoms with Gasteiger partial charge in [0.2, 0.25) is 11.8 Å². The van der Waals surface area contributed by atoms with Crippen LogP contribution in [0.25, 0.3) is 0 Å². The first-order chi connectivity index (χ1) is 21.6. The standard InChI is InChI=1S/C38H57N3O6/c1-13-26-19-21-28(22-20-26)31(32(42)39-30(34(44)46-37(7,8)9)24-27-17-15-14-16-18-27)41(36(4,5)6)33(43)29(23-25(2)3)40-35(45)47-38(10,11)12/h14-22,25,29-31H,13,23-24H2,1-12H3,(H,39,42)(H,40,45). The first kappa shape index (κ1) is 39.3. The van der Waals surface area contributed by atoms with E-state index in [-0.39, 0.29) is 12.3 Å². The van der Waals surface area contributed by atoms with Crippen molar-refractivity contribution in [2.45, 2.75) is 137 Å². The van der Waals surface area contributed by atoms with Gasteiger partial charge >= 0.3 is 12.1 Å². The number of benzene rings is 2. The molecule has 0 saturated heterocycles. The van der Waals surface area contributed by atoms with Gasteiger partial charge in [0.1, 0.15) is 29.3 Å². The molecule has 3 unspecified atom stereocenters. The van der Waals surface area contributed by atoms with E-state index in [1.165, 1.54) is 4.90 Å². The lowest BCUT2D eigenvalue weighted by Crippen LogP contribution is -2.60. The Balaban J connectivity index is 2.67. The zero-order chi connectivity index (χ0) is 35.7. The van der Waals surface area contributed by atoms with Crippen LogP contribution < -0.4 is 10.6 Å². The summed E-state index contributed by atoms with van der Waals surface area (Å²) in [6.45, 7) is 22.1. The van der Waals surface area contributed by atoms with E-state index in [1.807, 2.05) is 96.1 Å². The Labute approximate surface area is 282 Å². The lowest BCUT2D eigenvalue weighted by Gasteiger charge is -2.43. The van der Waals surface area contributed by atoms with Crippen LogP contribution in [-0.2, 0) is 36.7 Å². The summed E-state index contributed by atoms with van der Waals surface area (Å²) in [5.41, 5.74) is 0.0611. The highest BCUT2D eigenvalue weighted by atomic mass is 16.6. The molecule has 0 fully saturated rings. The molecule has 0 aromatic heterocycles. The maximum atomic E-state index is 14.7.